The number of aromatic nitrogens is 2. The van der Waals surface area contributed by atoms with Gasteiger partial charge in [-0.25, -0.2) is 4.79 Å². The molecule has 1 atom stereocenters. The molecule has 0 bridgehead atoms. The summed E-state index contributed by atoms with van der Waals surface area (Å²) in [5.41, 5.74) is 2.25. The van der Waals surface area contributed by atoms with Gasteiger partial charge in [0.05, 0.1) is 30.9 Å². The first-order valence-corrected chi connectivity index (χ1v) is 13.4. The van der Waals surface area contributed by atoms with Crippen LogP contribution in [-0.2, 0) is 37.3 Å². The second-order valence-corrected chi connectivity index (χ2v) is 9.92. The van der Waals surface area contributed by atoms with E-state index in [4.69, 9.17) is 9.47 Å². The Kier molecular flexibility index (Phi) is 9.51. The molecule has 2 aliphatic rings. The maximum absolute atomic E-state index is 13.0. The number of benzene rings is 1. The fraction of sp³-hybridized carbons (Fsp3) is 0.630. The van der Waals surface area contributed by atoms with Crippen LogP contribution in [0.15, 0.2) is 23.0 Å². The molecule has 4 rings (SSSR count). The molecule has 1 saturated carbocycles. The Morgan fingerprint density at radius 2 is 1.78 bits per heavy atom. The molecule has 3 amide bonds. The highest BCUT2D eigenvalue weighted by Crippen LogP contribution is 2.26. The fourth-order valence-corrected chi connectivity index (χ4v) is 5.39. The summed E-state index contributed by atoms with van der Waals surface area (Å²) in [6, 6.07) is 5.03. The number of nitrogens with one attached hydrogen (secondary N) is 2. The third kappa shape index (κ3) is 6.67. The Morgan fingerprint density at radius 1 is 1.03 bits per heavy atom. The lowest BCUT2D eigenvalue weighted by molar-refractivity contribution is -0.135. The number of para-hydroxylation sites is 1. The van der Waals surface area contributed by atoms with Gasteiger partial charge in [0.2, 0.25) is 17.7 Å². The van der Waals surface area contributed by atoms with Crippen LogP contribution in [0, 0.1) is 5.92 Å². The number of fused-ring (bicyclic) bond motifs is 1. The topological polar surface area (TPSA) is 121 Å². The molecule has 2 N–H and O–H groups in total. The quantitative estimate of drug-likeness (QED) is 0.330. The maximum atomic E-state index is 13.0. The predicted octanol–water partition coefficient (Wildman–Crippen LogP) is 1.98. The van der Waals surface area contributed by atoms with Crippen LogP contribution in [0.2, 0.25) is 0 Å². The van der Waals surface area contributed by atoms with Crippen LogP contribution in [0.25, 0.3) is 11.0 Å². The van der Waals surface area contributed by atoms with Crippen molar-refractivity contribution in [3.8, 4) is 0 Å². The zero-order valence-corrected chi connectivity index (χ0v) is 21.6. The van der Waals surface area contributed by atoms with Crippen LogP contribution < -0.4 is 16.3 Å². The SMILES string of the molecule is Cn1c(=O)n(C2CCC(=O)NC2=O)c2cccc(CCCOCCOCCNC(=O)C3CCCCC3)c21. The summed E-state index contributed by atoms with van der Waals surface area (Å²) in [6.45, 7) is 2.50. The Morgan fingerprint density at radius 3 is 2.54 bits per heavy atom. The predicted molar refractivity (Wildman–Crippen MR) is 138 cm³/mol. The van der Waals surface area contributed by atoms with Gasteiger partial charge < -0.3 is 14.8 Å². The number of amides is 3. The van der Waals surface area contributed by atoms with E-state index in [1.165, 1.54) is 11.0 Å². The number of carbonyl (C=O) groups excluding carboxylic acids is 3. The standard InChI is InChI=1S/C27H38N4O6/c1-30-24-19(9-5-11-21(24)31(27(30)35)22-12-13-23(32)29-26(22)34)10-6-15-36-17-18-37-16-14-28-25(33)20-7-3-2-4-8-20/h5,9,11,20,22H,2-4,6-8,10,12-18H2,1H3,(H,28,33)(H,29,32,34). The second kappa shape index (κ2) is 13.0. The van der Waals surface area contributed by atoms with E-state index in [0.717, 1.165) is 49.6 Å². The van der Waals surface area contributed by atoms with Crippen LogP contribution in [0.1, 0.15) is 63.0 Å². The van der Waals surface area contributed by atoms with E-state index in [9.17, 15) is 19.2 Å². The molecule has 0 spiro atoms. The first kappa shape index (κ1) is 27.1. The maximum Gasteiger partial charge on any atom is 0.329 e. The van der Waals surface area contributed by atoms with Crippen molar-refractivity contribution in [1.29, 1.82) is 0 Å². The summed E-state index contributed by atoms with van der Waals surface area (Å²) in [6.07, 6.45) is 7.55. The lowest BCUT2D eigenvalue weighted by atomic mass is 9.89. The Hall–Kier alpha value is -2.98. The fourth-order valence-electron chi connectivity index (χ4n) is 5.39. The molecule has 10 heteroatoms. The summed E-state index contributed by atoms with van der Waals surface area (Å²) in [5, 5.41) is 5.30. The van der Waals surface area contributed by atoms with Gasteiger partial charge in [0, 0.05) is 32.5 Å². The van der Waals surface area contributed by atoms with Crippen molar-refractivity contribution in [2.45, 2.75) is 63.8 Å². The zero-order valence-electron chi connectivity index (χ0n) is 21.6. The van der Waals surface area contributed by atoms with E-state index < -0.39 is 11.9 Å². The largest absolute Gasteiger partial charge is 0.379 e. The molecule has 1 aromatic carbocycles. The number of imide groups is 1. The molecule has 1 aliphatic heterocycles. The summed E-state index contributed by atoms with van der Waals surface area (Å²) < 4.78 is 14.3. The smallest absolute Gasteiger partial charge is 0.329 e. The van der Waals surface area contributed by atoms with Crippen molar-refractivity contribution in [1.82, 2.24) is 19.8 Å². The van der Waals surface area contributed by atoms with Crippen molar-refractivity contribution >= 4 is 28.8 Å². The van der Waals surface area contributed by atoms with Gasteiger partial charge >= 0.3 is 5.69 Å². The minimum Gasteiger partial charge on any atom is -0.379 e. The van der Waals surface area contributed by atoms with Crippen molar-refractivity contribution < 1.29 is 23.9 Å². The highest BCUT2D eigenvalue weighted by Gasteiger charge is 2.31. The van der Waals surface area contributed by atoms with E-state index in [-0.39, 0.29) is 29.8 Å². The van der Waals surface area contributed by atoms with E-state index in [1.807, 2.05) is 18.2 Å². The van der Waals surface area contributed by atoms with Crippen molar-refractivity contribution in [3.63, 3.8) is 0 Å². The molecular weight excluding hydrogens is 476 g/mol. The van der Waals surface area contributed by atoms with Crippen LogP contribution in [0.5, 0.6) is 0 Å². The third-order valence-electron chi connectivity index (χ3n) is 7.34. The molecule has 37 heavy (non-hydrogen) atoms. The molecule has 1 aromatic heterocycles. The summed E-state index contributed by atoms with van der Waals surface area (Å²) in [4.78, 5) is 49.1. The number of nitrogens with zero attached hydrogens (tertiary/aromatic N) is 2. The summed E-state index contributed by atoms with van der Waals surface area (Å²) in [5.74, 6) is -0.415. The number of piperidine rings is 1. The Balaban J connectivity index is 1.18. The molecule has 1 aliphatic carbocycles. The summed E-state index contributed by atoms with van der Waals surface area (Å²) in [7, 11) is 1.71. The molecule has 2 heterocycles. The van der Waals surface area contributed by atoms with Crippen LogP contribution in [0.3, 0.4) is 0 Å². The normalized spacial score (nSPS) is 18.8. The second-order valence-electron chi connectivity index (χ2n) is 9.92. The Labute approximate surface area is 216 Å². The molecule has 10 nitrogen and oxygen atoms in total. The van der Waals surface area contributed by atoms with Crippen molar-refractivity contribution in [2.24, 2.45) is 13.0 Å². The van der Waals surface area contributed by atoms with Gasteiger partial charge in [0.15, 0.2) is 0 Å². The Bertz CT molecular complexity index is 1160. The molecule has 2 fully saturated rings. The van der Waals surface area contributed by atoms with Gasteiger partial charge in [-0.1, -0.05) is 31.4 Å². The highest BCUT2D eigenvalue weighted by molar-refractivity contribution is 6.00. The molecule has 202 valence electrons. The average Bonchev–Trinajstić information content (AvgIpc) is 3.16. The van der Waals surface area contributed by atoms with E-state index in [1.54, 1.807) is 11.6 Å². The highest BCUT2D eigenvalue weighted by atomic mass is 16.5. The number of hydrogen-bond donors (Lipinski definition) is 2. The van der Waals surface area contributed by atoms with Gasteiger partial charge in [-0.3, -0.25) is 28.8 Å². The lowest BCUT2D eigenvalue weighted by Gasteiger charge is -2.21. The number of imidazole rings is 1. The molecular formula is C27H38N4O6. The molecule has 1 saturated heterocycles. The lowest BCUT2D eigenvalue weighted by Crippen LogP contribution is -2.44. The molecule has 2 aromatic rings. The van der Waals surface area contributed by atoms with Gasteiger partial charge in [-0.05, 0) is 43.7 Å². The first-order valence-electron chi connectivity index (χ1n) is 13.4. The first-order chi connectivity index (χ1) is 18.0. The van der Waals surface area contributed by atoms with Gasteiger partial charge in [-0.15, -0.1) is 0 Å². The zero-order chi connectivity index (χ0) is 26.2. The van der Waals surface area contributed by atoms with Crippen molar-refractivity contribution in [2.75, 3.05) is 33.0 Å². The number of ether oxygens (including phenoxy) is 2. The van der Waals surface area contributed by atoms with Gasteiger partial charge in [0.1, 0.15) is 6.04 Å². The minimum absolute atomic E-state index is 0.152. The van der Waals surface area contributed by atoms with Crippen LogP contribution in [-0.4, -0.2) is 59.8 Å². The van der Waals surface area contributed by atoms with E-state index >= 15 is 0 Å². The van der Waals surface area contributed by atoms with E-state index in [0.29, 0.717) is 44.9 Å². The number of rotatable bonds is 12. The molecule has 0 radical (unpaired) electrons. The van der Waals surface area contributed by atoms with Crippen LogP contribution in [0.4, 0.5) is 0 Å². The van der Waals surface area contributed by atoms with Crippen molar-refractivity contribution in [3.05, 3.63) is 34.2 Å². The molecule has 1 unspecified atom stereocenters. The number of aryl methyl sites for hydroxylation is 2. The monoisotopic (exact) mass is 514 g/mol. The average molecular weight is 515 g/mol. The number of hydrogen-bond acceptors (Lipinski definition) is 6. The minimum atomic E-state index is -0.687. The summed E-state index contributed by atoms with van der Waals surface area (Å²) >= 11 is 0. The van der Waals surface area contributed by atoms with E-state index in [2.05, 4.69) is 10.6 Å². The van der Waals surface area contributed by atoms with Gasteiger partial charge in [-0.2, -0.15) is 0 Å². The van der Waals surface area contributed by atoms with Crippen LogP contribution >= 0.6 is 0 Å². The third-order valence-corrected chi connectivity index (χ3v) is 7.34. The van der Waals surface area contributed by atoms with Gasteiger partial charge in [0.25, 0.3) is 0 Å². The number of carbonyl (C=O) groups is 3.